The number of hydrogen-bond donors (Lipinski definition) is 2. The molecular weight excluding hydrogens is 278 g/mol. The molecule has 1 heterocycles. The van der Waals surface area contributed by atoms with E-state index in [0.717, 1.165) is 0 Å². The number of benzene rings is 1. The summed E-state index contributed by atoms with van der Waals surface area (Å²) >= 11 is 5.80. The van der Waals surface area contributed by atoms with E-state index >= 15 is 0 Å². The molecule has 0 bridgehead atoms. The molecule has 0 saturated heterocycles. The predicted octanol–water partition coefficient (Wildman–Crippen LogP) is 2.11. The molecule has 2 aromatic rings. The van der Waals surface area contributed by atoms with Gasteiger partial charge in [0.05, 0.1) is 10.7 Å². The van der Waals surface area contributed by atoms with Gasteiger partial charge >= 0.3 is 0 Å². The van der Waals surface area contributed by atoms with Gasteiger partial charge in [-0.25, -0.2) is 0 Å². The number of rotatable bonds is 4. The van der Waals surface area contributed by atoms with Gasteiger partial charge in [-0.15, -0.1) is 0 Å². The molecule has 0 aliphatic carbocycles. The number of nitrogen functional groups attached to an aromatic ring is 1. The van der Waals surface area contributed by atoms with E-state index < -0.39 is 0 Å². The molecule has 0 unspecified atom stereocenters. The van der Waals surface area contributed by atoms with E-state index in [-0.39, 0.29) is 17.9 Å². The summed E-state index contributed by atoms with van der Waals surface area (Å²) in [7, 11) is 0. The van der Waals surface area contributed by atoms with Crippen molar-refractivity contribution in [2.75, 3.05) is 11.1 Å². The summed E-state index contributed by atoms with van der Waals surface area (Å²) in [6, 6.07) is 9.75. The number of carbonyl (C=O) groups is 1. The molecule has 0 radical (unpaired) electrons. The number of aryl methyl sites for hydroxylation is 1. The smallest absolute Gasteiger partial charge is 0.250 e. The van der Waals surface area contributed by atoms with Gasteiger partial charge in [0.25, 0.3) is 5.56 Å². The molecule has 0 saturated carbocycles. The minimum atomic E-state index is -0.192. The van der Waals surface area contributed by atoms with Crippen molar-refractivity contribution < 1.29 is 4.79 Å². The molecule has 1 aromatic carbocycles. The molecule has 1 amide bonds. The molecule has 20 heavy (non-hydrogen) atoms. The number of hydrogen-bond acceptors (Lipinski definition) is 3. The van der Waals surface area contributed by atoms with E-state index in [0.29, 0.717) is 22.9 Å². The maximum Gasteiger partial charge on any atom is 0.250 e. The fraction of sp³-hybridized carbons (Fsp3) is 0.143. The van der Waals surface area contributed by atoms with Crippen LogP contribution in [0, 0.1) is 0 Å². The van der Waals surface area contributed by atoms with Crippen LogP contribution in [-0.4, -0.2) is 10.5 Å². The molecule has 0 aliphatic heterocycles. The van der Waals surface area contributed by atoms with Crippen molar-refractivity contribution in [1.82, 2.24) is 4.57 Å². The number of carbonyl (C=O) groups excluding carboxylic acids is 1. The maximum absolute atomic E-state index is 11.8. The van der Waals surface area contributed by atoms with Crippen molar-refractivity contribution in [2.24, 2.45) is 0 Å². The number of nitrogens with two attached hydrogens (primary N) is 1. The van der Waals surface area contributed by atoms with Crippen LogP contribution in [0.5, 0.6) is 0 Å². The van der Waals surface area contributed by atoms with Crippen LogP contribution >= 0.6 is 11.6 Å². The Kier molecular flexibility index (Phi) is 4.42. The Morgan fingerprint density at radius 2 is 2.10 bits per heavy atom. The summed E-state index contributed by atoms with van der Waals surface area (Å²) < 4.78 is 1.48. The summed E-state index contributed by atoms with van der Waals surface area (Å²) in [4.78, 5) is 23.3. The van der Waals surface area contributed by atoms with Crippen molar-refractivity contribution in [3.63, 3.8) is 0 Å². The molecule has 1 aromatic heterocycles. The Labute approximate surface area is 121 Å². The fourth-order valence-corrected chi connectivity index (χ4v) is 1.83. The molecule has 104 valence electrons. The number of nitrogens with one attached hydrogen (secondary N) is 1. The Hall–Kier alpha value is -2.27. The van der Waals surface area contributed by atoms with Crippen LogP contribution in [0.3, 0.4) is 0 Å². The van der Waals surface area contributed by atoms with Crippen LogP contribution in [0.4, 0.5) is 11.4 Å². The normalized spacial score (nSPS) is 10.2. The highest BCUT2D eigenvalue weighted by molar-refractivity contribution is 6.33. The van der Waals surface area contributed by atoms with Crippen molar-refractivity contribution in [3.8, 4) is 0 Å². The Morgan fingerprint density at radius 1 is 1.30 bits per heavy atom. The first-order valence-electron chi connectivity index (χ1n) is 6.06. The lowest BCUT2D eigenvalue weighted by molar-refractivity contribution is -0.116. The van der Waals surface area contributed by atoms with Crippen LogP contribution < -0.4 is 16.6 Å². The Balaban J connectivity index is 1.94. The largest absolute Gasteiger partial charge is 0.397 e. The van der Waals surface area contributed by atoms with Crippen molar-refractivity contribution in [3.05, 3.63) is 58.0 Å². The minimum Gasteiger partial charge on any atom is -0.397 e. The number of anilines is 2. The molecular formula is C14H14ClN3O2. The Bertz CT molecular complexity index is 682. The van der Waals surface area contributed by atoms with Crippen LogP contribution in [0.15, 0.2) is 47.4 Å². The highest BCUT2D eigenvalue weighted by Crippen LogP contribution is 2.22. The van der Waals surface area contributed by atoms with Gasteiger partial charge in [0, 0.05) is 30.9 Å². The maximum atomic E-state index is 11.8. The summed E-state index contributed by atoms with van der Waals surface area (Å²) in [5.74, 6) is -0.192. The van der Waals surface area contributed by atoms with Crippen LogP contribution in [-0.2, 0) is 11.3 Å². The SMILES string of the molecule is Nc1cc(NC(=O)CCn2ccccc2=O)ccc1Cl. The topological polar surface area (TPSA) is 77.1 Å². The zero-order chi connectivity index (χ0) is 14.5. The first kappa shape index (κ1) is 14.1. The second-order valence-electron chi connectivity index (χ2n) is 4.27. The molecule has 0 aliphatic rings. The van der Waals surface area contributed by atoms with Crippen molar-refractivity contribution in [1.29, 1.82) is 0 Å². The average Bonchev–Trinajstić information content (AvgIpc) is 2.42. The van der Waals surface area contributed by atoms with Gasteiger partial charge in [-0.2, -0.15) is 0 Å². The molecule has 0 atom stereocenters. The average molecular weight is 292 g/mol. The van der Waals surface area contributed by atoms with E-state index in [1.807, 2.05) is 0 Å². The van der Waals surface area contributed by atoms with E-state index in [9.17, 15) is 9.59 Å². The van der Waals surface area contributed by atoms with Crippen LogP contribution in [0.25, 0.3) is 0 Å². The summed E-state index contributed by atoms with van der Waals surface area (Å²) in [6.45, 7) is 0.328. The van der Waals surface area contributed by atoms with Crippen molar-refractivity contribution in [2.45, 2.75) is 13.0 Å². The zero-order valence-corrected chi connectivity index (χ0v) is 11.4. The first-order chi connectivity index (χ1) is 9.56. The van der Waals surface area contributed by atoms with Gasteiger partial charge < -0.3 is 15.6 Å². The lowest BCUT2D eigenvalue weighted by Crippen LogP contribution is -2.21. The number of nitrogens with zero attached hydrogens (tertiary/aromatic N) is 1. The number of halogens is 1. The minimum absolute atomic E-state index is 0.129. The molecule has 5 nitrogen and oxygen atoms in total. The monoisotopic (exact) mass is 291 g/mol. The van der Waals surface area contributed by atoms with E-state index in [2.05, 4.69) is 5.32 Å². The van der Waals surface area contributed by atoms with Gasteiger partial charge in [-0.05, 0) is 24.3 Å². The van der Waals surface area contributed by atoms with Crippen LogP contribution in [0.1, 0.15) is 6.42 Å². The number of pyridine rings is 1. The van der Waals surface area contributed by atoms with Gasteiger partial charge in [0.1, 0.15) is 0 Å². The number of aromatic nitrogens is 1. The Morgan fingerprint density at radius 3 is 2.80 bits per heavy atom. The van der Waals surface area contributed by atoms with Crippen molar-refractivity contribution >= 4 is 28.9 Å². The lowest BCUT2D eigenvalue weighted by Gasteiger charge is -2.08. The third-order valence-electron chi connectivity index (χ3n) is 2.76. The van der Waals surface area contributed by atoms with Crippen LogP contribution in [0.2, 0.25) is 5.02 Å². The summed E-state index contributed by atoms with van der Waals surface area (Å²) in [6.07, 6.45) is 1.85. The van der Waals surface area contributed by atoms with E-state index in [4.69, 9.17) is 17.3 Å². The first-order valence-corrected chi connectivity index (χ1v) is 6.44. The van der Waals surface area contributed by atoms with E-state index in [1.165, 1.54) is 10.6 Å². The molecule has 6 heteroatoms. The van der Waals surface area contributed by atoms with Gasteiger partial charge in [-0.1, -0.05) is 17.7 Å². The third-order valence-corrected chi connectivity index (χ3v) is 3.10. The second kappa shape index (κ2) is 6.25. The highest BCUT2D eigenvalue weighted by atomic mass is 35.5. The predicted molar refractivity (Wildman–Crippen MR) is 79.8 cm³/mol. The number of amides is 1. The molecule has 3 N–H and O–H groups in total. The molecule has 2 rings (SSSR count). The summed E-state index contributed by atoms with van der Waals surface area (Å²) in [5, 5.41) is 3.15. The summed E-state index contributed by atoms with van der Waals surface area (Å²) in [5.41, 5.74) is 6.51. The van der Waals surface area contributed by atoms with Gasteiger partial charge in [0.15, 0.2) is 0 Å². The van der Waals surface area contributed by atoms with Gasteiger partial charge in [0.2, 0.25) is 5.91 Å². The zero-order valence-electron chi connectivity index (χ0n) is 10.7. The molecule has 0 spiro atoms. The second-order valence-corrected chi connectivity index (χ2v) is 4.67. The van der Waals surface area contributed by atoms with E-state index in [1.54, 1.807) is 36.5 Å². The fourth-order valence-electron chi connectivity index (χ4n) is 1.71. The lowest BCUT2D eigenvalue weighted by atomic mass is 10.2. The van der Waals surface area contributed by atoms with Gasteiger partial charge in [-0.3, -0.25) is 9.59 Å². The molecule has 0 fully saturated rings. The third kappa shape index (κ3) is 3.61. The highest BCUT2D eigenvalue weighted by Gasteiger charge is 2.05. The quantitative estimate of drug-likeness (QED) is 0.847. The standard InChI is InChI=1S/C14H14ClN3O2/c15-11-5-4-10(9-12(11)16)17-13(19)6-8-18-7-2-1-3-14(18)20/h1-5,7,9H,6,8,16H2,(H,17,19).